The normalized spacial score (nSPS) is 10.7. The molecule has 2 aromatic heterocycles. The quantitative estimate of drug-likeness (QED) is 0.589. The van der Waals surface area contributed by atoms with E-state index in [1.807, 2.05) is 19.1 Å². The fraction of sp³-hybridized carbons (Fsp3) is 0.143. The summed E-state index contributed by atoms with van der Waals surface area (Å²) in [5.74, 6) is 0.746. The third-order valence-corrected chi connectivity index (χ3v) is 3.99. The van der Waals surface area contributed by atoms with Crippen LogP contribution in [-0.2, 0) is 6.54 Å². The molecule has 0 bridgehead atoms. The second-order valence-electron chi connectivity index (χ2n) is 4.58. The number of nitrogens with one attached hydrogen (secondary N) is 1. The SMILES string of the molecule is Cc1cc2c(NCc3cccc([N+](=O)[O-])c3)ncnc2s1. The number of nitrogens with zero attached hydrogens (tertiary/aromatic N) is 3. The molecule has 0 unspecified atom stereocenters. The minimum atomic E-state index is -0.394. The smallest absolute Gasteiger partial charge is 0.269 e. The van der Waals surface area contributed by atoms with Gasteiger partial charge in [-0.1, -0.05) is 12.1 Å². The van der Waals surface area contributed by atoms with Gasteiger partial charge in [0.15, 0.2) is 0 Å². The van der Waals surface area contributed by atoms with Crippen LogP contribution >= 0.6 is 11.3 Å². The number of non-ortho nitro benzene ring substituents is 1. The van der Waals surface area contributed by atoms with E-state index in [-0.39, 0.29) is 5.69 Å². The molecule has 0 aliphatic carbocycles. The number of fused-ring (bicyclic) bond motifs is 1. The number of aromatic nitrogens is 2. The molecule has 0 fully saturated rings. The number of rotatable bonds is 4. The molecule has 0 amide bonds. The van der Waals surface area contributed by atoms with Gasteiger partial charge in [-0.15, -0.1) is 11.3 Å². The number of thiophene rings is 1. The van der Waals surface area contributed by atoms with Gasteiger partial charge in [-0.2, -0.15) is 0 Å². The minimum Gasteiger partial charge on any atom is -0.365 e. The van der Waals surface area contributed by atoms with Gasteiger partial charge in [0.05, 0.1) is 10.3 Å². The monoisotopic (exact) mass is 300 g/mol. The Labute approximate surface area is 124 Å². The van der Waals surface area contributed by atoms with E-state index in [9.17, 15) is 10.1 Å². The highest BCUT2D eigenvalue weighted by Gasteiger charge is 2.08. The number of anilines is 1. The van der Waals surface area contributed by atoms with Crippen LogP contribution in [0.15, 0.2) is 36.7 Å². The molecule has 0 saturated heterocycles. The van der Waals surface area contributed by atoms with E-state index in [1.165, 1.54) is 17.3 Å². The summed E-state index contributed by atoms with van der Waals surface area (Å²) in [5.41, 5.74) is 0.927. The molecule has 1 N–H and O–H groups in total. The summed E-state index contributed by atoms with van der Waals surface area (Å²) in [5, 5.41) is 15.0. The topological polar surface area (TPSA) is 81.0 Å². The Balaban J connectivity index is 1.83. The third kappa shape index (κ3) is 2.82. The molecular formula is C14H12N4O2S. The molecule has 7 heteroatoms. The van der Waals surface area contributed by atoms with Crippen LogP contribution in [0.3, 0.4) is 0 Å². The van der Waals surface area contributed by atoms with Crippen LogP contribution in [0.4, 0.5) is 11.5 Å². The lowest BCUT2D eigenvalue weighted by Crippen LogP contribution is -2.02. The molecule has 0 aliphatic rings. The van der Waals surface area contributed by atoms with Gasteiger partial charge in [-0.3, -0.25) is 10.1 Å². The molecule has 0 saturated carbocycles. The maximum atomic E-state index is 10.8. The lowest BCUT2D eigenvalue weighted by molar-refractivity contribution is -0.384. The molecule has 3 rings (SSSR count). The highest BCUT2D eigenvalue weighted by molar-refractivity contribution is 7.18. The summed E-state index contributed by atoms with van der Waals surface area (Å²) in [7, 11) is 0. The fourth-order valence-corrected chi connectivity index (χ4v) is 2.93. The number of nitro benzene ring substituents is 1. The van der Waals surface area contributed by atoms with Gasteiger partial charge >= 0.3 is 0 Å². The Morgan fingerprint density at radius 3 is 3.00 bits per heavy atom. The van der Waals surface area contributed by atoms with Crippen molar-refractivity contribution in [3.05, 3.63) is 57.2 Å². The van der Waals surface area contributed by atoms with E-state index in [0.717, 1.165) is 21.6 Å². The molecule has 1 aromatic carbocycles. The van der Waals surface area contributed by atoms with Crippen LogP contribution in [-0.4, -0.2) is 14.9 Å². The fourth-order valence-electron chi connectivity index (χ4n) is 2.08. The van der Waals surface area contributed by atoms with Crippen molar-refractivity contribution in [2.45, 2.75) is 13.5 Å². The van der Waals surface area contributed by atoms with E-state index >= 15 is 0 Å². The molecule has 0 radical (unpaired) electrons. The van der Waals surface area contributed by atoms with Gasteiger partial charge in [0.1, 0.15) is 17.0 Å². The summed E-state index contributed by atoms with van der Waals surface area (Å²) in [6, 6.07) is 8.60. The zero-order valence-electron chi connectivity index (χ0n) is 11.2. The van der Waals surface area contributed by atoms with E-state index in [2.05, 4.69) is 15.3 Å². The van der Waals surface area contributed by atoms with Crippen LogP contribution in [0.5, 0.6) is 0 Å². The van der Waals surface area contributed by atoms with Crippen molar-refractivity contribution in [3.8, 4) is 0 Å². The predicted molar refractivity (Wildman–Crippen MR) is 82.6 cm³/mol. The van der Waals surface area contributed by atoms with Crippen LogP contribution < -0.4 is 5.32 Å². The molecule has 0 aliphatic heterocycles. The Bertz CT molecular complexity index is 816. The first-order chi connectivity index (χ1) is 10.1. The summed E-state index contributed by atoms with van der Waals surface area (Å²) < 4.78 is 0. The van der Waals surface area contributed by atoms with Gasteiger partial charge < -0.3 is 5.32 Å². The maximum absolute atomic E-state index is 10.8. The highest BCUT2D eigenvalue weighted by Crippen LogP contribution is 2.27. The van der Waals surface area contributed by atoms with Crippen LogP contribution in [0.2, 0.25) is 0 Å². The van der Waals surface area contributed by atoms with Crippen molar-refractivity contribution >= 4 is 33.1 Å². The van der Waals surface area contributed by atoms with Gasteiger partial charge in [-0.05, 0) is 18.6 Å². The largest absolute Gasteiger partial charge is 0.365 e. The van der Waals surface area contributed by atoms with E-state index in [4.69, 9.17) is 0 Å². The van der Waals surface area contributed by atoms with E-state index < -0.39 is 4.92 Å². The van der Waals surface area contributed by atoms with Crippen LogP contribution in [0, 0.1) is 17.0 Å². The average Bonchev–Trinajstić information content (AvgIpc) is 2.86. The zero-order valence-corrected chi connectivity index (χ0v) is 12.1. The molecular weight excluding hydrogens is 288 g/mol. The first kappa shape index (κ1) is 13.4. The molecule has 6 nitrogen and oxygen atoms in total. The Morgan fingerprint density at radius 2 is 2.19 bits per heavy atom. The van der Waals surface area contributed by atoms with Crippen molar-refractivity contribution in [2.75, 3.05) is 5.32 Å². The van der Waals surface area contributed by atoms with Gasteiger partial charge in [0.25, 0.3) is 5.69 Å². The van der Waals surface area contributed by atoms with E-state index in [0.29, 0.717) is 6.54 Å². The molecule has 21 heavy (non-hydrogen) atoms. The van der Waals surface area contributed by atoms with Gasteiger partial charge in [0.2, 0.25) is 0 Å². The van der Waals surface area contributed by atoms with Gasteiger partial charge in [0, 0.05) is 23.6 Å². The zero-order chi connectivity index (χ0) is 14.8. The molecule has 0 spiro atoms. The summed E-state index contributed by atoms with van der Waals surface area (Å²) >= 11 is 1.61. The second-order valence-corrected chi connectivity index (χ2v) is 5.81. The first-order valence-electron chi connectivity index (χ1n) is 6.32. The Kier molecular flexibility index (Phi) is 3.49. The first-order valence-corrected chi connectivity index (χ1v) is 7.13. The summed E-state index contributed by atoms with van der Waals surface area (Å²) in [4.78, 5) is 21.0. The summed E-state index contributed by atoms with van der Waals surface area (Å²) in [6.45, 7) is 2.50. The average molecular weight is 300 g/mol. The highest BCUT2D eigenvalue weighted by atomic mass is 32.1. The van der Waals surface area contributed by atoms with Crippen molar-refractivity contribution in [1.82, 2.24) is 9.97 Å². The Morgan fingerprint density at radius 1 is 1.33 bits per heavy atom. The minimum absolute atomic E-state index is 0.0912. The second kappa shape index (κ2) is 5.45. The molecule has 0 atom stereocenters. The number of hydrogen-bond acceptors (Lipinski definition) is 6. The number of hydrogen-bond donors (Lipinski definition) is 1. The van der Waals surface area contributed by atoms with Crippen LogP contribution in [0.1, 0.15) is 10.4 Å². The van der Waals surface area contributed by atoms with Gasteiger partial charge in [-0.25, -0.2) is 9.97 Å². The number of aryl methyl sites for hydroxylation is 1. The van der Waals surface area contributed by atoms with Crippen molar-refractivity contribution < 1.29 is 4.92 Å². The third-order valence-electron chi connectivity index (χ3n) is 3.03. The lowest BCUT2D eigenvalue weighted by Gasteiger charge is -2.06. The number of benzene rings is 1. The lowest BCUT2D eigenvalue weighted by atomic mass is 10.2. The number of nitro groups is 1. The van der Waals surface area contributed by atoms with Crippen molar-refractivity contribution in [2.24, 2.45) is 0 Å². The van der Waals surface area contributed by atoms with Crippen molar-refractivity contribution in [1.29, 1.82) is 0 Å². The van der Waals surface area contributed by atoms with E-state index in [1.54, 1.807) is 23.5 Å². The maximum Gasteiger partial charge on any atom is 0.269 e. The molecule has 2 heterocycles. The molecule has 3 aromatic rings. The Hall–Kier alpha value is -2.54. The standard InChI is InChI=1S/C14H12N4O2S/c1-9-5-12-13(16-8-17-14(12)21-9)15-7-10-3-2-4-11(6-10)18(19)20/h2-6,8H,7H2,1H3,(H,15,16,17). The molecule has 106 valence electrons. The summed E-state index contributed by atoms with van der Waals surface area (Å²) in [6.07, 6.45) is 1.52. The van der Waals surface area contributed by atoms with Crippen molar-refractivity contribution in [3.63, 3.8) is 0 Å². The van der Waals surface area contributed by atoms with Crippen LogP contribution in [0.25, 0.3) is 10.2 Å². The predicted octanol–water partition coefficient (Wildman–Crippen LogP) is 3.52.